The molecule has 0 spiro atoms. The van der Waals surface area contributed by atoms with Crippen LogP contribution in [0.3, 0.4) is 0 Å². The molecule has 20 heavy (non-hydrogen) atoms. The SMILES string of the molecule is Cn1c(C(CCO)c2ccccc2)cc2ccccc21. The van der Waals surface area contributed by atoms with Gasteiger partial charge in [0.05, 0.1) is 0 Å². The van der Waals surface area contributed by atoms with Gasteiger partial charge in [-0.05, 0) is 29.5 Å². The number of aliphatic hydroxyl groups excluding tert-OH is 1. The Labute approximate surface area is 119 Å². The van der Waals surface area contributed by atoms with Gasteiger partial charge >= 0.3 is 0 Å². The van der Waals surface area contributed by atoms with Gasteiger partial charge in [0, 0.05) is 30.8 Å². The average molecular weight is 265 g/mol. The maximum Gasteiger partial charge on any atom is 0.0480 e. The van der Waals surface area contributed by atoms with Crippen molar-refractivity contribution < 1.29 is 5.11 Å². The first kappa shape index (κ1) is 12.9. The van der Waals surface area contributed by atoms with Crippen LogP contribution in [-0.4, -0.2) is 16.3 Å². The van der Waals surface area contributed by atoms with Crippen molar-refractivity contribution in [1.82, 2.24) is 4.57 Å². The number of aryl methyl sites for hydroxylation is 1. The van der Waals surface area contributed by atoms with Crippen LogP contribution < -0.4 is 0 Å². The second kappa shape index (κ2) is 5.51. The Bertz CT molecular complexity index is 700. The van der Waals surface area contributed by atoms with Crippen molar-refractivity contribution in [2.45, 2.75) is 12.3 Å². The summed E-state index contributed by atoms with van der Waals surface area (Å²) >= 11 is 0. The lowest BCUT2D eigenvalue weighted by Gasteiger charge is -2.17. The van der Waals surface area contributed by atoms with E-state index in [0.29, 0.717) is 0 Å². The summed E-state index contributed by atoms with van der Waals surface area (Å²) in [4.78, 5) is 0. The van der Waals surface area contributed by atoms with Crippen LogP contribution in [0.2, 0.25) is 0 Å². The first-order chi connectivity index (χ1) is 9.81. The molecular weight excluding hydrogens is 246 g/mol. The summed E-state index contributed by atoms with van der Waals surface area (Å²) in [6.07, 6.45) is 0.744. The first-order valence-electron chi connectivity index (χ1n) is 7.01. The van der Waals surface area contributed by atoms with Crippen LogP contribution in [-0.2, 0) is 7.05 Å². The highest BCUT2D eigenvalue weighted by Crippen LogP contribution is 2.31. The topological polar surface area (TPSA) is 25.2 Å². The van der Waals surface area contributed by atoms with Crippen LogP contribution in [0.15, 0.2) is 60.7 Å². The summed E-state index contributed by atoms with van der Waals surface area (Å²) in [5, 5.41) is 10.7. The van der Waals surface area contributed by atoms with Crippen molar-refractivity contribution in [3.8, 4) is 0 Å². The second-order valence-corrected chi connectivity index (χ2v) is 5.16. The minimum absolute atomic E-state index is 0.196. The van der Waals surface area contributed by atoms with E-state index in [0.717, 1.165) is 6.42 Å². The van der Waals surface area contributed by atoms with Gasteiger partial charge in [-0.2, -0.15) is 0 Å². The van der Waals surface area contributed by atoms with E-state index in [1.54, 1.807) is 0 Å². The van der Waals surface area contributed by atoms with Crippen LogP contribution in [0.25, 0.3) is 10.9 Å². The highest BCUT2D eigenvalue weighted by molar-refractivity contribution is 5.81. The van der Waals surface area contributed by atoms with E-state index in [-0.39, 0.29) is 12.5 Å². The predicted molar refractivity (Wildman–Crippen MR) is 82.9 cm³/mol. The van der Waals surface area contributed by atoms with Gasteiger partial charge in [0.15, 0.2) is 0 Å². The van der Waals surface area contributed by atoms with Crippen molar-refractivity contribution >= 4 is 10.9 Å². The minimum Gasteiger partial charge on any atom is -0.396 e. The molecule has 0 aliphatic rings. The van der Waals surface area contributed by atoms with Gasteiger partial charge in [0.2, 0.25) is 0 Å². The molecule has 3 rings (SSSR count). The van der Waals surface area contributed by atoms with E-state index in [2.05, 4.69) is 66.2 Å². The minimum atomic E-state index is 0.196. The molecule has 0 fully saturated rings. The van der Waals surface area contributed by atoms with Gasteiger partial charge in [-0.25, -0.2) is 0 Å². The molecule has 2 nitrogen and oxygen atoms in total. The smallest absolute Gasteiger partial charge is 0.0480 e. The molecule has 2 heteroatoms. The van der Waals surface area contributed by atoms with E-state index in [1.807, 2.05) is 6.07 Å². The number of rotatable bonds is 4. The number of fused-ring (bicyclic) bond motifs is 1. The van der Waals surface area contributed by atoms with E-state index in [4.69, 9.17) is 0 Å². The molecule has 1 atom stereocenters. The second-order valence-electron chi connectivity index (χ2n) is 5.16. The Kier molecular flexibility index (Phi) is 3.57. The monoisotopic (exact) mass is 265 g/mol. The largest absolute Gasteiger partial charge is 0.396 e. The zero-order valence-electron chi connectivity index (χ0n) is 11.7. The highest BCUT2D eigenvalue weighted by atomic mass is 16.3. The Morgan fingerprint density at radius 3 is 2.40 bits per heavy atom. The number of hydrogen-bond donors (Lipinski definition) is 1. The zero-order chi connectivity index (χ0) is 13.9. The van der Waals surface area contributed by atoms with Crippen LogP contribution in [0, 0.1) is 0 Å². The molecule has 0 radical (unpaired) electrons. The molecule has 0 saturated heterocycles. The lowest BCUT2D eigenvalue weighted by atomic mass is 9.92. The summed E-state index contributed by atoms with van der Waals surface area (Å²) in [5.41, 5.74) is 3.75. The van der Waals surface area contributed by atoms with Gasteiger partial charge in [0.25, 0.3) is 0 Å². The lowest BCUT2D eigenvalue weighted by Crippen LogP contribution is -2.08. The van der Waals surface area contributed by atoms with Crippen LogP contribution >= 0.6 is 0 Å². The number of nitrogens with zero attached hydrogens (tertiary/aromatic N) is 1. The molecule has 3 aromatic rings. The third kappa shape index (κ3) is 2.23. The number of aromatic nitrogens is 1. The molecule has 1 unspecified atom stereocenters. The maximum atomic E-state index is 9.42. The zero-order valence-corrected chi connectivity index (χ0v) is 11.7. The molecule has 0 saturated carbocycles. The molecule has 1 N–H and O–H groups in total. The summed E-state index contributed by atoms with van der Waals surface area (Å²) in [5.74, 6) is 0.235. The highest BCUT2D eigenvalue weighted by Gasteiger charge is 2.18. The lowest BCUT2D eigenvalue weighted by molar-refractivity contribution is 0.280. The van der Waals surface area contributed by atoms with E-state index >= 15 is 0 Å². The third-order valence-electron chi connectivity index (χ3n) is 3.97. The van der Waals surface area contributed by atoms with Gasteiger partial charge in [-0.1, -0.05) is 48.5 Å². The number of aliphatic hydroxyl groups is 1. The van der Waals surface area contributed by atoms with E-state index in [9.17, 15) is 5.11 Å². The number of para-hydroxylation sites is 1. The van der Waals surface area contributed by atoms with Gasteiger partial charge < -0.3 is 9.67 Å². The molecule has 0 aliphatic carbocycles. The van der Waals surface area contributed by atoms with Gasteiger partial charge in [-0.15, -0.1) is 0 Å². The Morgan fingerprint density at radius 1 is 1.00 bits per heavy atom. The molecule has 1 heterocycles. The molecule has 1 aromatic heterocycles. The molecular formula is C18H19NO. The molecule has 102 valence electrons. The van der Waals surface area contributed by atoms with E-state index in [1.165, 1.54) is 22.2 Å². The van der Waals surface area contributed by atoms with Crippen molar-refractivity contribution in [2.24, 2.45) is 7.05 Å². The standard InChI is InChI=1S/C18H19NO/c1-19-17-10-6-5-9-15(17)13-18(19)16(11-12-20)14-7-3-2-4-8-14/h2-10,13,16,20H,11-12H2,1H3. The fourth-order valence-electron chi connectivity index (χ4n) is 2.94. The van der Waals surface area contributed by atoms with Crippen molar-refractivity contribution in [2.75, 3.05) is 6.61 Å². The Hall–Kier alpha value is -2.06. The normalized spacial score (nSPS) is 12.7. The van der Waals surface area contributed by atoms with Crippen LogP contribution in [0.1, 0.15) is 23.6 Å². The third-order valence-corrected chi connectivity index (χ3v) is 3.97. The number of benzene rings is 2. The Balaban J connectivity index is 2.12. The average Bonchev–Trinajstić information content (AvgIpc) is 2.83. The van der Waals surface area contributed by atoms with Crippen molar-refractivity contribution in [1.29, 1.82) is 0 Å². The summed E-state index contributed by atoms with van der Waals surface area (Å²) < 4.78 is 2.24. The molecule has 0 bridgehead atoms. The Morgan fingerprint density at radius 2 is 1.70 bits per heavy atom. The van der Waals surface area contributed by atoms with Crippen LogP contribution in [0.4, 0.5) is 0 Å². The van der Waals surface area contributed by atoms with Crippen molar-refractivity contribution in [3.63, 3.8) is 0 Å². The molecule has 2 aromatic carbocycles. The van der Waals surface area contributed by atoms with E-state index < -0.39 is 0 Å². The summed E-state index contributed by atoms with van der Waals surface area (Å²) in [6, 6.07) is 21.1. The molecule has 0 amide bonds. The van der Waals surface area contributed by atoms with Gasteiger partial charge in [-0.3, -0.25) is 0 Å². The number of hydrogen-bond acceptors (Lipinski definition) is 1. The molecule has 0 aliphatic heterocycles. The van der Waals surface area contributed by atoms with Gasteiger partial charge in [0.1, 0.15) is 0 Å². The van der Waals surface area contributed by atoms with Crippen molar-refractivity contribution in [3.05, 3.63) is 71.9 Å². The predicted octanol–water partition coefficient (Wildman–Crippen LogP) is 3.69. The fraction of sp³-hybridized carbons (Fsp3) is 0.222. The fourth-order valence-corrected chi connectivity index (χ4v) is 2.94. The van der Waals surface area contributed by atoms with Crippen LogP contribution in [0.5, 0.6) is 0 Å². The summed E-state index contributed by atoms with van der Waals surface area (Å²) in [6.45, 7) is 0.196. The maximum absolute atomic E-state index is 9.42. The first-order valence-corrected chi connectivity index (χ1v) is 7.01. The quantitative estimate of drug-likeness (QED) is 0.764. The summed E-state index contributed by atoms with van der Waals surface area (Å²) in [7, 11) is 2.10.